The number of hydrogen-bond acceptors (Lipinski definition) is 4. The summed E-state index contributed by atoms with van der Waals surface area (Å²) in [7, 11) is 0. The van der Waals surface area contributed by atoms with Crippen LogP contribution in [0.1, 0.15) is 24.8 Å². The van der Waals surface area contributed by atoms with Gasteiger partial charge in [0.15, 0.2) is 0 Å². The molecule has 1 aromatic carbocycles. The van der Waals surface area contributed by atoms with E-state index < -0.39 is 12.2 Å². The van der Waals surface area contributed by atoms with Crippen molar-refractivity contribution in [1.82, 2.24) is 4.90 Å². The molecule has 5 heteroatoms. The van der Waals surface area contributed by atoms with E-state index in [2.05, 4.69) is 0 Å². The summed E-state index contributed by atoms with van der Waals surface area (Å²) in [5.41, 5.74) is 1.09. The fraction of sp³-hybridized carbons (Fsp3) is 0.500. The maximum Gasteiger partial charge on any atom is 0.417 e. The van der Waals surface area contributed by atoms with Crippen LogP contribution in [0.15, 0.2) is 30.3 Å². The number of amides is 2. The van der Waals surface area contributed by atoms with Gasteiger partial charge < -0.3 is 9.47 Å². The van der Waals surface area contributed by atoms with E-state index in [-0.39, 0.29) is 18.6 Å². The normalized spacial score (nSPS) is 25.7. The van der Waals surface area contributed by atoms with E-state index in [0.717, 1.165) is 18.4 Å². The van der Waals surface area contributed by atoms with Crippen molar-refractivity contribution in [2.24, 2.45) is 0 Å². The predicted molar refractivity (Wildman–Crippen MR) is 75.7 cm³/mol. The lowest BCUT2D eigenvalue weighted by molar-refractivity contribution is -0.144. The van der Waals surface area contributed by atoms with E-state index >= 15 is 0 Å². The van der Waals surface area contributed by atoms with Crippen molar-refractivity contribution in [3.8, 4) is 0 Å². The summed E-state index contributed by atoms with van der Waals surface area (Å²) in [6.07, 6.45) is 2.19. The lowest BCUT2D eigenvalue weighted by Crippen LogP contribution is -2.47. The van der Waals surface area contributed by atoms with Crippen molar-refractivity contribution in [2.45, 2.75) is 37.8 Å². The van der Waals surface area contributed by atoms with Crippen molar-refractivity contribution >= 4 is 12.0 Å². The average molecular weight is 289 g/mol. The van der Waals surface area contributed by atoms with Gasteiger partial charge in [-0.15, -0.1) is 0 Å². The van der Waals surface area contributed by atoms with Crippen LogP contribution in [0.4, 0.5) is 4.79 Å². The summed E-state index contributed by atoms with van der Waals surface area (Å²) in [5, 5.41) is 0. The fourth-order valence-electron chi connectivity index (χ4n) is 2.86. The summed E-state index contributed by atoms with van der Waals surface area (Å²) in [4.78, 5) is 25.7. The number of rotatable bonds is 3. The third-order valence-electron chi connectivity index (χ3n) is 3.97. The number of hydrogen-bond donors (Lipinski definition) is 0. The predicted octanol–water partition coefficient (Wildman–Crippen LogP) is 2.15. The van der Waals surface area contributed by atoms with Crippen LogP contribution in [-0.4, -0.2) is 42.3 Å². The van der Waals surface area contributed by atoms with Gasteiger partial charge in [-0.2, -0.15) is 0 Å². The molecule has 0 bridgehead atoms. The average Bonchev–Trinajstić information content (AvgIpc) is 2.89. The van der Waals surface area contributed by atoms with Gasteiger partial charge in [0, 0.05) is 6.61 Å². The molecule has 0 spiro atoms. The van der Waals surface area contributed by atoms with Crippen molar-refractivity contribution < 1.29 is 19.1 Å². The van der Waals surface area contributed by atoms with Crippen LogP contribution >= 0.6 is 0 Å². The molecule has 0 aliphatic carbocycles. The van der Waals surface area contributed by atoms with E-state index in [1.165, 1.54) is 4.90 Å². The molecule has 2 aliphatic heterocycles. The largest absolute Gasteiger partial charge is 0.447 e. The zero-order valence-electron chi connectivity index (χ0n) is 11.9. The van der Waals surface area contributed by atoms with Gasteiger partial charge in [0.2, 0.25) is 0 Å². The zero-order valence-corrected chi connectivity index (χ0v) is 11.9. The third kappa shape index (κ3) is 3.08. The molecule has 0 unspecified atom stereocenters. The fourth-order valence-corrected chi connectivity index (χ4v) is 2.86. The minimum Gasteiger partial charge on any atom is -0.447 e. The standard InChI is InChI=1S/C16H19NO4/c18-15(14-8-4-5-9-20-14)17-13(11-21-16(17)19)10-12-6-2-1-3-7-12/h1-3,6-7,13-14H,4-5,8-11H2/t13-,14-/m0/s1. The first kappa shape index (κ1) is 14.1. The molecule has 112 valence electrons. The van der Waals surface area contributed by atoms with E-state index in [9.17, 15) is 9.59 Å². The molecular weight excluding hydrogens is 270 g/mol. The molecule has 1 aromatic rings. The highest BCUT2D eigenvalue weighted by Gasteiger charge is 2.41. The Morgan fingerprint density at radius 2 is 2.05 bits per heavy atom. The van der Waals surface area contributed by atoms with E-state index in [1.54, 1.807) is 0 Å². The van der Waals surface area contributed by atoms with Crippen LogP contribution < -0.4 is 0 Å². The van der Waals surface area contributed by atoms with Gasteiger partial charge in [-0.05, 0) is 31.2 Å². The van der Waals surface area contributed by atoms with Gasteiger partial charge in [-0.3, -0.25) is 4.79 Å². The Balaban J connectivity index is 1.71. The molecule has 0 radical (unpaired) electrons. The first-order valence-electron chi connectivity index (χ1n) is 7.41. The monoisotopic (exact) mass is 289 g/mol. The SMILES string of the molecule is O=C1OC[C@H](Cc2ccccc2)N1C(=O)[C@@H]1CCCCO1. The van der Waals surface area contributed by atoms with Crippen molar-refractivity contribution in [2.75, 3.05) is 13.2 Å². The Labute approximate surface area is 123 Å². The van der Waals surface area contributed by atoms with Gasteiger partial charge in [-0.25, -0.2) is 9.69 Å². The molecule has 0 N–H and O–H groups in total. The molecule has 2 heterocycles. The van der Waals surface area contributed by atoms with Crippen LogP contribution in [0.3, 0.4) is 0 Å². The number of cyclic esters (lactones) is 1. The summed E-state index contributed by atoms with van der Waals surface area (Å²) >= 11 is 0. The van der Waals surface area contributed by atoms with Crippen LogP contribution in [0, 0.1) is 0 Å². The minimum atomic E-state index is -0.546. The van der Waals surface area contributed by atoms with Crippen LogP contribution in [0.2, 0.25) is 0 Å². The maximum atomic E-state index is 12.5. The molecular formula is C16H19NO4. The molecule has 5 nitrogen and oxygen atoms in total. The van der Waals surface area contributed by atoms with E-state index in [4.69, 9.17) is 9.47 Å². The Hall–Kier alpha value is -1.88. The van der Waals surface area contributed by atoms with Crippen molar-refractivity contribution in [3.63, 3.8) is 0 Å². The number of benzene rings is 1. The highest BCUT2D eigenvalue weighted by Crippen LogP contribution is 2.22. The lowest BCUT2D eigenvalue weighted by Gasteiger charge is -2.27. The molecule has 0 saturated carbocycles. The Bertz CT molecular complexity index is 510. The maximum absolute atomic E-state index is 12.5. The molecule has 2 saturated heterocycles. The number of imide groups is 1. The third-order valence-corrected chi connectivity index (χ3v) is 3.97. The number of carbonyl (C=O) groups is 2. The topological polar surface area (TPSA) is 55.8 Å². The molecule has 3 rings (SSSR count). The van der Waals surface area contributed by atoms with Gasteiger partial charge in [0.05, 0.1) is 6.04 Å². The van der Waals surface area contributed by atoms with Gasteiger partial charge in [0.1, 0.15) is 12.7 Å². The van der Waals surface area contributed by atoms with Crippen LogP contribution in [0.25, 0.3) is 0 Å². The second kappa shape index (κ2) is 6.26. The van der Waals surface area contributed by atoms with Crippen LogP contribution in [0.5, 0.6) is 0 Å². The molecule has 2 fully saturated rings. The van der Waals surface area contributed by atoms with Gasteiger partial charge in [0.25, 0.3) is 5.91 Å². The molecule has 2 aliphatic rings. The first-order valence-corrected chi connectivity index (χ1v) is 7.41. The summed E-state index contributed by atoms with van der Waals surface area (Å²) in [6, 6.07) is 9.58. The highest BCUT2D eigenvalue weighted by atomic mass is 16.6. The molecule has 21 heavy (non-hydrogen) atoms. The van der Waals surface area contributed by atoms with Crippen molar-refractivity contribution in [1.29, 1.82) is 0 Å². The van der Waals surface area contributed by atoms with E-state index in [1.807, 2.05) is 30.3 Å². The highest BCUT2D eigenvalue weighted by molar-refractivity contribution is 5.96. The minimum absolute atomic E-state index is 0.238. The quantitative estimate of drug-likeness (QED) is 0.855. The molecule has 0 aromatic heterocycles. The second-order valence-corrected chi connectivity index (χ2v) is 5.48. The Morgan fingerprint density at radius 1 is 1.24 bits per heavy atom. The molecule has 2 atom stereocenters. The molecule has 2 amide bonds. The van der Waals surface area contributed by atoms with E-state index in [0.29, 0.717) is 19.4 Å². The Kier molecular flexibility index (Phi) is 4.20. The van der Waals surface area contributed by atoms with Gasteiger partial charge >= 0.3 is 6.09 Å². The van der Waals surface area contributed by atoms with Crippen LogP contribution in [-0.2, 0) is 20.7 Å². The lowest BCUT2D eigenvalue weighted by atomic mass is 10.0. The smallest absolute Gasteiger partial charge is 0.417 e. The summed E-state index contributed by atoms with van der Waals surface area (Å²) in [6.45, 7) is 0.842. The second-order valence-electron chi connectivity index (χ2n) is 5.48. The number of nitrogens with zero attached hydrogens (tertiary/aromatic N) is 1. The van der Waals surface area contributed by atoms with Gasteiger partial charge in [-0.1, -0.05) is 30.3 Å². The summed E-state index contributed by atoms with van der Waals surface area (Å²) in [5.74, 6) is -0.252. The number of ether oxygens (including phenoxy) is 2. The zero-order chi connectivity index (χ0) is 14.7. The first-order chi connectivity index (χ1) is 10.3. The number of carbonyl (C=O) groups excluding carboxylic acids is 2. The Morgan fingerprint density at radius 3 is 2.76 bits per heavy atom. The van der Waals surface area contributed by atoms with Crippen molar-refractivity contribution in [3.05, 3.63) is 35.9 Å². The summed E-state index contributed by atoms with van der Waals surface area (Å²) < 4.78 is 10.6.